The van der Waals surface area contributed by atoms with Crippen molar-refractivity contribution in [2.75, 3.05) is 0 Å². The van der Waals surface area contributed by atoms with Gasteiger partial charge in [-0.2, -0.15) is 0 Å². The van der Waals surface area contributed by atoms with Gasteiger partial charge in [-0.05, 0) is 34.5 Å². The first-order valence-corrected chi connectivity index (χ1v) is 4.47. The molecule has 0 aromatic heterocycles. The largest absolute Gasteiger partial charge is 0.366 e. The molecule has 74 valence electrons. The van der Waals surface area contributed by atoms with Gasteiger partial charge < -0.3 is 5.73 Å². The number of hydrogen-bond donors (Lipinski definition) is 1. The van der Waals surface area contributed by atoms with Crippen LogP contribution in [0.2, 0.25) is 0 Å². The SMILES string of the molecule is Cc1c(C(N)=O)ccc([N+](=O)[O-])c1Br. The summed E-state index contributed by atoms with van der Waals surface area (Å²) in [5.74, 6) is -0.599. The number of benzene rings is 1. The van der Waals surface area contributed by atoms with E-state index in [2.05, 4.69) is 15.9 Å². The lowest BCUT2D eigenvalue weighted by atomic mass is 10.1. The predicted molar refractivity (Wildman–Crippen MR) is 54.1 cm³/mol. The summed E-state index contributed by atoms with van der Waals surface area (Å²) in [5.41, 5.74) is 5.76. The quantitative estimate of drug-likeness (QED) is 0.648. The zero-order valence-corrected chi connectivity index (χ0v) is 8.87. The monoisotopic (exact) mass is 258 g/mol. The first-order chi connectivity index (χ1) is 6.45. The molecule has 0 aliphatic heterocycles. The minimum Gasteiger partial charge on any atom is -0.366 e. The first-order valence-electron chi connectivity index (χ1n) is 3.68. The van der Waals surface area contributed by atoms with E-state index in [0.717, 1.165) is 0 Å². The molecule has 0 aliphatic carbocycles. The fourth-order valence-corrected chi connectivity index (χ4v) is 1.57. The minimum absolute atomic E-state index is 0.0764. The molecular weight excluding hydrogens is 252 g/mol. The van der Waals surface area contributed by atoms with Crippen molar-refractivity contribution in [2.24, 2.45) is 5.73 Å². The van der Waals surface area contributed by atoms with Gasteiger partial charge in [0, 0.05) is 11.6 Å². The normalized spacial score (nSPS) is 9.86. The van der Waals surface area contributed by atoms with Crippen LogP contribution in [0.15, 0.2) is 16.6 Å². The molecule has 5 nitrogen and oxygen atoms in total. The third-order valence-electron chi connectivity index (χ3n) is 1.83. The first kappa shape index (κ1) is 10.6. The highest BCUT2D eigenvalue weighted by Gasteiger charge is 2.17. The molecule has 0 saturated heterocycles. The number of nitrogens with zero attached hydrogens (tertiary/aromatic N) is 1. The van der Waals surface area contributed by atoms with Crippen LogP contribution in [0.4, 0.5) is 5.69 Å². The molecular formula is C8H7BrN2O3. The second-order valence-electron chi connectivity index (χ2n) is 2.69. The predicted octanol–water partition coefficient (Wildman–Crippen LogP) is 1.76. The molecule has 1 rings (SSSR count). The number of amides is 1. The van der Waals surface area contributed by atoms with Crippen LogP contribution in [0.3, 0.4) is 0 Å². The molecule has 0 unspecified atom stereocenters. The smallest absolute Gasteiger partial charge is 0.283 e. The van der Waals surface area contributed by atoms with E-state index in [4.69, 9.17) is 5.73 Å². The Morgan fingerprint density at radius 2 is 2.14 bits per heavy atom. The molecule has 2 N–H and O–H groups in total. The minimum atomic E-state index is -0.599. The number of carbonyl (C=O) groups is 1. The van der Waals surface area contributed by atoms with Crippen LogP contribution in [-0.4, -0.2) is 10.8 Å². The van der Waals surface area contributed by atoms with Crippen LogP contribution in [-0.2, 0) is 0 Å². The Morgan fingerprint density at radius 3 is 2.57 bits per heavy atom. The fraction of sp³-hybridized carbons (Fsp3) is 0.125. The van der Waals surface area contributed by atoms with Gasteiger partial charge in [0.05, 0.1) is 9.40 Å². The Kier molecular flexibility index (Phi) is 2.85. The second-order valence-corrected chi connectivity index (χ2v) is 3.49. The summed E-state index contributed by atoms with van der Waals surface area (Å²) in [6.07, 6.45) is 0. The van der Waals surface area contributed by atoms with E-state index in [1.807, 2.05) is 0 Å². The molecule has 0 aliphatic rings. The molecule has 0 fully saturated rings. The van der Waals surface area contributed by atoms with Crippen LogP contribution in [0.1, 0.15) is 15.9 Å². The summed E-state index contributed by atoms with van der Waals surface area (Å²) in [5, 5.41) is 10.5. The van der Waals surface area contributed by atoms with Crippen LogP contribution in [0.5, 0.6) is 0 Å². The lowest BCUT2D eigenvalue weighted by Crippen LogP contribution is -2.13. The maximum atomic E-state index is 10.9. The number of hydrogen-bond acceptors (Lipinski definition) is 3. The van der Waals surface area contributed by atoms with Gasteiger partial charge >= 0.3 is 0 Å². The van der Waals surface area contributed by atoms with E-state index in [1.54, 1.807) is 6.92 Å². The van der Waals surface area contributed by atoms with E-state index < -0.39 is 10.8 Å². The Morgan fingerprint density at radius 1 is 1.57 bits per heavy atom. The number of nitrogens with two attached hydrogens (primary N) is 1. The van der Waals surface area contributed by atoms with Crippen molar-refractivity contribution in [1.82, 2.24) is 0 Å². The Labute approximate surface area is 88.2 Å². The highest BCUT2D eigenvalue weighted by molar-refractivity contribution is 9.10. The molecule has 1 amide bonds. The van der Waals surface area contributed by atoms with Gasteiger partial charge in [-0.25, -0.2) is 0 Å². The summed E-state index contributed by atoms with van der Waals surface area (Å²) in [4.78, 5) is 20.9. The molecule has 1 aromatic rings. The van der Waals surface area contributed by atoms with E-state index in [0.29, 0.717) is 10.0 Å². The molecule has 14 heavy (non-hydrogen) atoms. The van der Waals surface area contributed by atoms with Crippen LogP contribution in [0, 0.1) is 17.0 Å². The van der Waals surface area contributed by atoms with Crippen molar-refractivity contribution in [3.8, 4) is 0 Å². The molecule has 1 aromatic carbocycles. The van der Waals surface area contributed by atoms with Gasteiger partial charge in [0.1, 0.15) is 0 Å². The third kappa shape index (κ3) is 1.74. The highest BCUT2D eigenvalue weighted by Crippen LogP contribution is 2.29. The van der Waals surface area contributed by atoms with Gasteiger partial charge in [0.2, 0.25) is 5.91 Å². The Hall–Kier alpha value is -1.43. The zero-order valence-electron chi connectivity index (χ0n) is 7.28. The number of halogens is 1. The van der Waals surface area contributed by atoms with Crippen molar-refractivity contribution in [3.05, 3.63) is 37.8 Å². The summed E-state index contributed by atoms with van der Waals surface area (Å²) in [7, 11) is 0. The summed E-state index contributed by atoms with van der Waals surface area (Å²) in [6.45, 7) is 1.59. The maximum absolute atomic E-state index is 10.9. The summed E-state index contributed by atoms with van der Waals surface area (Å²) < 4.78 is 0.291. The molecule has 0 atom stereocenters. The zero-order chi connectivity index (χ0) is 10.9. The Balaban J connectivity index is 3.41. The fourth-order valence-electron chi connectivity index (χ4n) is 1.08. The van der Waals surface area contributed by atoms with E-state index in [-0.39, 0.29) is 11.3 Å². The van der Waals surface area contributed by atoms with Gasteiger partial charge in [0.25, 0.3) is 5.69 Å². The van der Waals surface area contributed by atoms with Crippen molar-refractivity contribution >= 4 is 27.5 Å². The van der Waals surface area contributed by atoms with Crippen molar-refractivity contribution < 1.29 is 9.72 Å². The highest BCUT2D eigenvalue weighted by atomic mass is 79.9. The standard InChI is InChI=1S/C8H7BrN2O3/c1-4-5(8(10)12)2-3-6(7(4)9)11(13)14/h2-3H,1H3,(H2,10,12). The third-order valence-corrected chi connectivity index (χ3v) is 2.83. The van der Waals surface area contributed by atoms with Gasteiger partial charge in [-0.1, -0.05) is 0 Å². The van der Waals surface area contributed by atoms with Crippen molar-refractivity contribution in [3.63, 3.8) is 0 Å². The maximum Gasteiger partial charge on any atom is 0.283 e. The van der Waals surface area contributed by atoms with Crippen LogP contribution >= 0.6 is 15.9 Å². The van der Waals surface area contributed by atoms with Crippen molar-refractivity contribution in [2.45, 2.75) is 6.92 Å². The van der Waals surface area contributed by atoms with Gasteiger partial charge in [0.15, 0.2) is 0 Å². The van der Waals surface area contributed by atoms with Gasteiger partial charge in [-0.15, -0.1) is 0 Å². The molecule has 6 heteroatoms. The molecule has 0 radical (unpaired) electrons. The van der Waals surface area contributed by atoms with E-state index in [1.165, 1.54) is 12.1 Å². The summed E-state index contributed by atoms with van der Waals surface area (Å²) >= 11 is 3.05. The van der Waals surface area contributed by atoms with Crippen LogP contribution in [0.25, 0.3) is 0 Å². The average Bonchev–Trinajstić information content (AvgIpc) is 2.08. The van der Waals surface area contributed by atoms with Crippen LogP contribution < -0.4 is 5.73 Å². The molecule has 0 heterocycles. The number of nitro benzene ring substituents is 1. The van der Waals surface area contributed by atoms with Gasteiger partial charge in [-0.3, -0.25) is 14.9 Å². The lowest BCUT2D eigenvalue weighted by molar-refractivity contribution is -0.385. The lowest BCUT2D eigenvalue weighted by Gasteiger charge is -2.03. The Bertz CT molecular complexity index is 378. The number of nitro groups is 1. The summed E-state index contributed by atoms with van der Waals surface area (Å²) in [6, 6.07) is 2.59. The van der Waals surface area contributed by atoms with Crippen molar-refractivity contribution in [1.29, 1.82) is 0 Å². The second kappa shape index (κ2) is 3.75. The number of rotatable bonds is 2. The molecule has 0 saturated carbocycles. The average molecular weight is 259 g/mol. The number of primary amides is 1. The van der Waals surface area contributed by atoms with E-state index >= 15 is 0 Å². The molecule has 0 bridgehead atoms. The topological polar surface area (TPSA) is 86.2 Å². The number of carbonyl (C=O) groups excluding carboxylic acids is 1. The molecule has 0 spiro atoms. The van der Waals surface area contributed by atoms with E-state index in [9.17, 15) is 14.9 Å².